The Kier molecular flexibility index (Phi) is 2.39. The predicted octanol–water partition coefficient (Wildman–Crippen LogP) is 2.73. The van der Waals surface area contributed by atoms with E-state index in [1.165, 1.54) is 11.1 Å². The van der Waals surface area contributed by atoms with Crippen LogP contribution >= 0.6 is 0 Å². The van der Waals surface area contributed by atoms with Gasteiger partial charge in [0.1, 0.15) is 0 Å². The summed E-state index contributed by atoms with van der Waals surface area (Å²) in [6.45, 7) is 6.58. The molecule has 0 saturated heterocycles. The van der Waals surface area contributed by atoms with E-state index in [-0.39, 0.29) is 12.0 Å². The Balaban J connectivity index is 2.67. The standard InChI is InChI=1S/C13H17NO/c1-13(2,3)11-10(8-15)5-4-9-6-7-14-12(9)11/h4-5,7,15H,6,8H2,1-3H3. The molecule has 0 unspecified atom stereocenters. The van der Waals surface area contributed by atoms with Gasteiger partial charge in [0.25, 0.3) is 0 Å². The molecular formula is C13H17NO. The number of hydrogen-bond acceptors (Lipinski definition) is 2. The van der Waals surface area contributed by atoms with Gasteiger partial charge in [-0.3, -0.25) is 4.99 Å². The lowest BCUT2D eigenvalue weighted by Crippen LogP contribution is -2.15. The van der Waals surface area contributed by atoms with Crippen LogP contribution in [0.3, 0.4) is 0 Å². The lowest BCUT2D eigenvalue weighted by molar-refractivity contribution is 0.278. The zero-order valence-electron chi connectivity index (χ0n) is 9.54. The van der Waals surface area contributed by atoms with Crippen LogP contribution in [0.4, 0.5) is 5.69 Å². The van der Waals surface area contributed by atoms with Crippen LogP contribution in [0, 0.1) is 0 Å². The third kappa shape index (κ3) is 1.70. The van der Waals surface area contributed by atoms with E-state index < -0.39 is 0 Å². The molecule has 1 aromatic rings. The lowest BCUT2D eigenvalue weighted by atomic mass is 9.81. The van der Waals surface area contributed by atoms with Gasteiger partial charge in [0.2, 0.25) is 0 Å². The number of nitrogens with zero attached hydrogens (tertiary/aromatic N) is 1. The first-order valence-electron chi connectivity index (χ1n) is 5.32. The molecule has 0 radical (unpaired) electrons. The van der Waals surface area contributed by atoms with E-state index in [1.54, 1.807) is 0 Å². The highest BCUT2D eigenvalue weighted by Crippen LogP contribution is 2.39. The third-order valence-electron chi connectivity index (χ3n) is 2.80. The summed E-state index contributed by atoms with van der Waals surface area (Å²) in [5, 5.41) is 9.36. The van der Waals surface area contributed by atoms with E-state index in [2.05, 4.69) is 31.8 Å². The Bertz CT molecular complexity index is 413. The summed E-state index contributed by atoms with van der Waals surface area (Å²) in [6, 6.07) is 4.09. The summed E-state index contributed by atoms with van der Waals surface area (Å²) >= 11 is 0. The molecule has 0 bridgehead atoms. The molecule has 0 saturated carbocycles. The molecule has 0 aromatic heterocycles. The molecule has 0 fully saturated rings. The molecule has 0 atom stereocenters. The van der Waals surface area contributed by atoms with E-state index >= 15 is 0 Å². The normalized spacial score (nSPS) is 14.4. The monoisotopic (exact) mass is 203 g/mol. The van der Waals surface area contributed by atoms with Gasteiger partial charge in [-0.15, -0.1) is 0 Å². The van der Waals surface area contributed by atoms with Crippen molar-refractivity contribution < 1.29 is 5.11 Å². The van der Waals surface area contributed by atoms with Gasteiger partial charge < -0.3 is 5.11 Å². The molecule has 2 heteroatoms. The number of hydrogen-bond donors (Lipinski definition) is 1. The molecule has 1 N–H and O–H groups in total. The Morgan fingerprint density at radius 2 is 2.07 bits per heavy atom. The summed E-state index contributed by atoms with van der Waals surface area (Å²) < 4.78 is 0. The zero-order chi connectivity index (χ0) is 11.1. The summed E-state index contributed by atoms with van der Waals surface area (Å²) in [4.78, 5) is 4.44. The lowest BCUT2D eigenvalue weighted by Gasteiger charge is -2.24. The van der Waals surface area contributed by atoms with Gasteiger partial charge in [0.15, 0.2) is 0 Å². The summed E-state index contributed by atoms with van der Waals surface area (Å²) in [5.74, 6) is 0. The van der Waals surface area contributed by atoms with Crippen LogP contribution < -0.4 is 0 Å². The number of aliphatic imine (C=N–C) groups is 1. The topological polar surface area (TPSA) is 32.6 Å². The van der Waals surface area contributed by atoms with Crippen molar-refractivity contribution in [3.63, 3.8) is 0 Å². The minimum Gasteiger partial charge on any atom is -0.392 e. The molecule has 1 aliphatic rings. The van der Waals surface area contributed by atoms with Gasteiger partial charge in [0, 0.05) is 12.6 Å². The fourth-order valence-electron chi connectivity index (χ4n) is 2.19. The second-order valence-corrected chi connectivity index (χ2v) is 5.03. The molecule has 0 spiro atoms. The van der Waals surface area contributed by atoms with Crippen LogP contribution in [0.5, 0.6) is 0 Å². The van der Waals surface area contributed by atoms with Crippen LogP contribution in [-0.4, -0.2) is 11.3 Å². The molecule has 1 aromatic carbocycles. The van der Waals surface area contributed by atoms with Crippen molar-refractivity contribution in [2.45, 2.75) is 39.2 Å². The van der Waals surface area contributed by atoms with Crippen LogP contribution in [-0.2, 0) is 18.4 Å². The first-order valence-corrected chi connectivity index (χ1v) is 5.32. The van der Waals surface area contributed by atoms with Crippen LogP contribution in [0.25, 0.3) is 0 Å². The number of aliphatic hydroxyl groups is 1. The highest BCUT2D eigenvalue weighted by molar-refractivity contribution is 5.78. The van der Waals surface area contributed by atoms with E-state index in [9.17, 15) is 5.11 Å². The molecule has 2 rings (SSSR count). The SMILES string of the molecule is CC(C)(C)c1c(CO)ccc2c1N=CC2. The van der Waals surface area contributed by atoms with Crippen molar-refractivity contribution >= 4 is 11.9 Å². The van der Waals surface area contributed by atoms with Gasteiger partial charge in [-0.1, -0.05) is 32.9 Å². The van der Waals surface area contributed by atoms with Crippen molar-refractivity contribution in [1.82, 2.24) is 0 Å². The number of rotatable bonds is 1. The second kappa shape index (κ2) is 3.46. The average molecular weight is 203 g/mol. The molecule has 15 heavy (non-hydrogen) atoms. The first-order chi connectivity index (χ1) is 7.04. The molecular weight excluding hydrogens is 186 g/mol. The Morgan fingerprint density at radius 3 is 2.67 bits per heavy atom. The number of aliphatic hydroxyl groups excluding tert-OH is 1. The highest BCUT2D eigenvalue weighted by atomic mass is 16.3. The quantitative estimate of drug-likeness (QED) is 0.748. The van der Waals surface area contributed by atoms with Crippen molar-refractivity contribution in [2.75, 3.05) is 0 Å². The zero-order valence-corrected chi connectivity index (χ0v) is 9.54. The van der Waals surface area contributed by atoms with Gasteiger partial charge in [-0.2, -0.15) is 0 Å². The maximum Gasteiger partial charge on any atom is 0.0702 e. The molecule has 0 aliphatic carbocycles. The summed E-state index contributed by atoms with van der Waals surface area (Å²) in [7, 11) is 0. The fourth-order valence-corrected chi connectivity index (χ4v) is 2.19. The van der Waals surface area contributed by atoms with Gasteiger partial charge in [0.05, 0.1) is 12.3 Å². The fraction of sp³-hybridized carbons (Fsp3) is 0.462. The third-order valence-corrected chi connectivity index (χ3v) is 2.80. The minimum absolute atomic E-state index is 0.0328. The Morgan fingerprint density at radius 1 is 1.33 bits per heavy atom. The van der Waals surface area contributed by atoms with E-state index in [4.69, 9.17) is 0 Å². The first kappa shape index (κ1) is 10.4. The molecule has 2 nitrogen and oxygen atoms in total. The molecule has 80 valence electrons. The minimum atomic E-state index is 0.0328. The molecule has 1 heterocycles. The van der Waals surface area contributed by atoms with Crippen LogP contribution in [0.2, 0.25) is 0 Å². The van der Waals surface area contributed by atoms with Crippen molar-refractivity contribution in [2.24, 2.45) is 4.99 Å². The van der Waals surface area contributed by atoms with E-state index in [0.717, 1.165) is 17.7 Å². The van der Waals surface area contributed by atoms with E-state index in [1.807, 2.05) is 12.3 Å². The van der Waals surface area contributed by atoms with Crippen LogP contribution in [0.15, 0.2) is 17.1 Å². The van der Waals surface area contributed by atoms with Gasteiger partial charge in [-0.25, -0.2) is 0 Å². The van der Waals surface area contributed by atoms with Crippen molar-refractivity contribution in [3.05, 3.63) is 28.8 Å². The predicted molar refractivity (Wildman–Crippen MR) is 62.9 cm³/mol. The average Bonchev–Trinajstić information content (AvgIpc) is 2.61. The summed E-state index contributed by atoms with van der Waals surface area (Å²) in [5.41, 5.74) is 4.58. The maximum absolute atomic E-state index is 9.36. The largest absolute Gasteiger partial charge is 0.392 e. The van der Waals surface area contributed by atoms with Crippen molar-refractivity contribution in [3.8, 4) is 0 Å². The highest BCUT2D eigenvalue weighted by Gasteiger charge is 2.24. The Hall–Kier alpha value is -1.15. The number of fused-ring (bicyclic) bond motifs is 1. The van der Waals surface area contributed by atoms with E-state index in [0.29, 0.717) is 0 Å². The summed E-state index contributed by atoms with van der Waals surface area (Å²) in [6.07, 6.45) is 2.87. The van der Waals surface area contributed by atoms with Crippen LogP contribution in [0.1, 0.15) is 37.5 Å². The molecule has 1 aliphatic heterocycles. The number of benzene rings is 1. The second-order valence-electron chi connectivity index (χ2n) is 5.03. The smallest absolute Gasteiger partial charge is 0.0702 e. The molecule has 0 amide bonds. The van der Waals surface area contributed by atoms with Crippen molar-refractivity contribution in [1.29, 1.82) is 0 Å². The maximum atomic E-state index is 9.36. The Labute approximate surface area is 90.7 Å². The van der Waals surface area contributed by atoms with Gasteiger partial charge in [-0.05, 0) is 22.1 Å². The van der Waals surface area contributed by atoms with Gasteiger partial charge >= 0.3 is 0 Å².